The largest absolute Gasteiger partial charge is 0.479 e. The zero-order chi connectivity index (χ0) is 57.5. The van der Waals surface area contributed by atoms with Gasteiger partial charge in [-0.1, -0.05) is 207 Å². The van der Waals surface area contributed by atoms with Crippen LogP contribution in [0.15, 0.2) is 109 Å². The monoisotopic (exact) mass is 1100 g/mol. The smallest absolute Gasteiger partial charge is 0.335 e. The summed E-state index contributed by atoms with van der Waals surface area (Å²) < 4.78 is 28.4. The maximum absolute atomic E-state index is 13.1. The molecule has 0 aliphatic carbocycles. The van der Waals surface area contributed by atoms with Crippen molar-refractivity contribution < 1.29 is 58.2 Å². The Morgan fingerprint density at radius 3 is 1.25 bits per heavy atom. The van der Waals surface area contributed by atoms with Gasteiger partial charge in [0.15, 0.2) is 24.6 Å². The molecule has 12 nitrogen and oxygen atoms in total. The number of aliphatic hydroxyl groups excluding tert-OH is 2. The molecule has 0 bridgehead atoms. The van der Waals surface area contributed by atoms with E-state index in [-0.39, 0.29) is 25.9 Å². The summed E-state index contributed by atoms with van der Waals surface area (Å²) in [6, 6.07) is 0. The van der Waals surface area contributed by atoms with E-state index < -0.39 is 67.3 Å². The van der Waals surface area contributed by atoms with Crippen LogP contribution in [0.2, 0.25) is 0 Å². The second kappa shape index (κ2) is 54.0. The van der Waals surface area contributed by atoms with Crippen molar-refractivity contribution >= 4 is 23.9 Å². The van der Waals surface area contributed by atoms with Gasteiger partial charge < -0.3 is 39.0 Å². The second-order valence-corrected chi connectivity index (χ2v) is 20.6. The van der Waals surface area contributed by atoms with Gasteiger partial charge in [-0.05, 0) is 122 Å². The van der Waals surface area contributed by atoms with Crippen molar-refractivity contribution in [2.45, 2.75) is 276 Å². The number of carbonyl (C=O) groups excluding carboxylic acids is 3. The molecule has 0 spiro atoms. The number of aliphatic carboxylic acids is 1. The molecule has 6 unspecified atom stereocenters. The molecule has 1 saturated heterocycles. The predicted molar refractivity (Wildman–Crippen MR) is 321 cm³/mol. The summed E-state index contributed by atoms with van der Waals surface area (Å²) in [5, 5.41) is 31.5. The summed E-state index contributed by atoms with van der Waals surface area (Å²) in [5.74, 6) is -3.22. The van der Waals surface area contributed by atoms with Gasteiger partial charge in [0.2, 0.25) is 0 Å². The number of rotatable bonds is 51. The Morgan fingerprint density at radius 2 is 0.797 bits per heavy atom. The predicted octanol–water partition coefficient (Wildman–Crippen LogP) is 16.2. The molecule has 6 atom stereocenters. The Morgan fingerprint density at radius 1 is 0.430 bits per heavy atom. The first-order valence-corrected chi connectivity index (χ1v) is 30.9. The summed E-state index contributed by atoms with van der Waals surface area (Å²) in [5.41, 5.74) is 0. The van der Waals surface area contributed by atoms with Gasteiger partial charge >= 0.3 is 23.9 Å². The number of carbonyl (C=O) groups is 4. The van der Waals surface area contributed by atoms with Crippen LogP contribution in [-0.4, -0.2) is 89.2 Å². The number of hydrogen-bond donors (Lipinski definition) is 3. The lowest BCUT2D eigenvalue weighted by Gasteiger charge is -2.40. The van der Waals surface area contributed by atoms with Crippen LogP contribution in [0.5, 0.6) is 0 Å². The van der Waals surface area contributed by atoms with Gasteiger partial charge in [0.25, 0.3) is 0 Å². The molecule has 1 heterocycles. The number of allylic oxidation sites excluding steroid dienone is 18. The fraction of sp³-hybridized carbons (Fsp3) is 0.672. The van der Waals surface area contributed by atoms with E-state index >= 15 is 0 Å². The van der Waals surface area contributed by atoms with Crippen molar-refractivity contribution in [2.24, 2.45) is 0 Å². The van der Waals surface area contributed by atoms with Crippen molar-refractivity contribution in [3.63, 3.8) is 0 Å². The van der Waals surface area contributed by atoms with Crippen LogP contribution < -0.4 is 0 Å². The number of esters is 3. The molecule has 1 fully saturated rings. The lowest BCUT2D eigenvalue weighted by atomic mass is 9.98. The zero-order valence-corrected chi connectivity index (χ0v) is 49.3. The fourth-order valence-electron chi connectivity index (χ4n) is 8.64. The molecule has 0 radical (unpaired) electrons. The minimum absolute atomic E-state index is 0.0432. The average molecular weight is 1110 g/mol. The van der Waals surface area contributed by atoms with Crippen molar-refractivity contribution in [3.05, 3.63) is 109 Å². The Labute approximate surface area is 478 Å². The summed E-state index contributed by atoms with van der Waals surface area (Å²) >= 11 is 0. The van der Waals surface area contributed by atoms with Crippen LogP contribution in [0, 0.1) is 0 Å². The number of hydrogen-bond acceptors (Lipinski definition) is 11. The van der Waals surface area contributed by atoms with Crippen LogP contribution >= 0.6 is 0 Å². The minimum atomic E-state index is -1.92. The molecule has 1 aliphatic heterocycles. The van der Waals surface area contributed by atoms with Crippen molar-refractivity contribution in [1.29, 1.82) is 0 Å². The zero-order valence-electron chi connectivity index (χ0n) is 49.3. The molecular formula is C67H108O12. The number of aliphatic hydroxyl groups is 2. The molecular weight excluding hydrogens is 997 g/mol. The van der Waals surface area contributed by atoms with Gasteiger partial charge in [-0.15, -0.1) is 0 Å². The van der Waals surface area contributed by atoms with Gasteiger partial charge in [-0.25, -0.2) is 4.79 Å². The molecule has 1 aliphatic rings. The van der Waals surface area contributed by atoms with Crippen LogP contribution in [0.1, 0.15) is 239 Å². The molecule has 12 heteroatoms. The standard InChI is InChI=1S/C67H108O12/c1-4-7-10-13-16-19-22-25-28-30-33-35-38-41-44-47-50-53-59(68)75-56-58(77-60(69)54-51-48-45-42-39-36-32-27-24-21-18-15-12-9-6-3)57-76-67-65(63(72)62(71)64(79-67)66(73)74)78-61(70)55-52-49-46-43-40-37-34-31-29-26-23-20-17-14-11-8-5-2/h7,9-10,12,16,18-19,21,25-29,32-33,35,39,42,58,62-65,67,71-72H,4-6,8,11,13-15,17,20,22-24,30-31,34,36-38,40-41,43-57H2,1-3H3,(H,73,74)/b10-7-,12-9-,19-16-,21-18-,28-25-,29-26-,32-27-,35-33-,42-39-. The molecule has 0 amide bonds. The first-order chi connectivity index (χ1) is 38.6. The molecule has 0 saturated carbocycles. The van der Waals surface area contributed by atoms with E-state index in [1.54, 1.807) is 0 Å². The summed E-state index contributed by atoms with van der Waals surface area (Å²) in [7, 11) is 0. The lowest BCUT2D eigenvalue weighted by molar-refractivity contribution is -0.301. The highest BCUT2D eigenvalue weighted by Gasteiger charge is 2.50. The highest BCUT2D eigenvalue weighted by atomic mass is 16.7. The summed E-state index contributed by atoms with van der Waals surface area (Å²) in [6.45, 7) is 5.71. The van der Waals surface area contributed by atoms with Crippen LogP contribution in [0.4, 0.5) is 0 Å². The highest BCUT2D eigenvalue weighted by Crippen LogP contribution is 2.26. The minimum Gasteiger partial charge on any atom is -0.479 e. The van der Waals surface area contributed by atoms with E-state index in [1.807, 2.05) is 0 Å². The maximum Gasteiger partial charge on any atom is 0.335 e. The van der Waals surface area contributed by atoms with Crippen molar-refractivity contribution in [1.82, 2.24) is 0 Å². The quantitative estimate of drug-likeness (QED) is 0.0228. The van der Waals surface area contributed by atoms with E-state index in [2.05, 4.69) is 130 Å². The first-order valence-electron chi connectivity index (χ1n) is 30.9. The summed E-state index contributed by atoms with van der Waals surface area (Å²) in [4.78, 5) is 51.2. The average Bonchev–Trinajstić information content (AvgIpc) is 3.47. The molecule has 448 valence electrons. The fourth-order valence-corrected chi connectivity index (χ4v) is 8.64. The number of carboxylic acids is 1. The van der Waals surface area contributed by atoms with Gasteiger partial charge in [0.1, 0.15) is 18.8 Å². The third-order valence-corrected chi connectivity index (χ3v) is 13.3. The number of unbranched alkanes of at least 4 members (excludes halogenated alkanes) is 19. The third-order valence-electron chi connectivity index (χ3n) is 13.3. The Bertz CT molecular complexity index is 1790. The molecule has 79 heavy (non-hydrogen) atoms. The number of carboxylic acid groups (broad SMARTS) is 1. The maximum atomic E-state index is 13.1. The topological polar surface area (TPSA) is 175 Å². The van der Waals surface area contributed by atoms with Crippen LogP contribution in [0.25, 0.3) is 0 Å². The van der Waals surface area contributed by atoms with Gasteiger partial charge in [0.05, 0.1) is 6.61 Å². The van der Waals surface area contributed by atoms with Crippen molar-refractivity contribution in [2.75, 3.05) is 13.2 Å². The van der Waals surface area contributed by atoms with Crippen molar-refractivity contribution in [3.8, 4) is 0 Å². The van der Waals surface area contributed by atoms with Gasteiger partial charge in [0, 0.05) is 19.3 Å². The van der Waals surface area contributed by atoms with E-state index in [4.69, 9.17) is 23.7 Å². The lowest BCUT2D eigenvalue weighted by Crippen LogP contribution is -2.61. The molecule has 0 aromatic heterocycles. The SMILES string of the molecule is CC/C=C\C/C=C\C/C=C\C/C=C\CCCCCCC(=O)OCC(COC1OC(C(=O)O)C(O)C(O)C1OC(=O)CCCCCCCCC/C=C\CCCCCCCC)OC(=O)CCCC/C=C\C/C=C\C/C=C\C/C=C\CC. The van der Waals surface area contributed by atoms with E-state index in [1.165, 1.54) is 51.4 Å². The van der Waals surface area contributed by atoms with E-state index in [0.717, 1.165) is 128 Å². The van der Waals surface area contributed by atoms with Gasteiger partial charge in [-0.2, -0.15) is 0 Å². The molecule has 0 aromatic carbocycles. The van der Waals surface area contributed by atoms with E-state index in [0.29, 0.717) is 19.3 Å². The van der Waals surface area contributed by atoms with Crippen LogP contribution in [-0.2, 0) is 42.9 Å². The third kappa shape index (κ3) is 43.8. The Balaban J connectivity index is 2.72. The Hall–Kier alpha value is -4.62. The van der Waals surface area contributed by atoms with E-state index in [9.17, 15) is 34.5 Å². The van der Waals surface area contributed by atoms with Crippen LogP contribution in [0.3, 0.4) is 0 Å². The molecule has 3 N–H and O–H groups in total. The van der Waals surface area contributed by atoms with Gasteiger partial charge in [-0.3, -0.25) is 14.4 Å². The normalized spacial score (nSPS) is 18.6. The Kier molecular flexibility index (Phi) is 49.5. The molecule has 0 aromatic rings. The summed E-state index contributed by atoms with van der Waals surface area (Å²) in [6.07, 6.45) is 60.5. The second-order valence-electron chi connectivity index (χ2n) is 20.6. The highest BCUT2D eigenvalue weighted by molar-refractivity contribution is 5.74. The number of ether oxygens (including phenoxy) is 5. The molecule has 1 rings (SSSR count). The first kappa shape index (κ1) is 72.4.